The van der Waals surface area contributed by atoms with E-state index in [0.29, 0.717) is 0 Å². The molecule has 50 valence electrons. The van der Waals surface area contributed by atoms with E-state index in [1.807, 2.05) is 0 Å². The number of hydrogen-bond donors (Lipinski definition) is 0. The minimum atomic E-state index is 0. The second-order valence-electron chi connectivity index (χ2n) is 0. The Bertz CT molecular complexity index is 0. The Kier molecular flexibility index (Phi) is 1050. The standard InChI is InChI=1S/25K.25H. The zero-order valence-corrected chi connectivity index (χ0v) is 0. The minimum absolute atomic E-state index is 0. The van der Waals surface area contributed by atoms with Crippen molar-refractivity contribution in [3.8, 4) is 0 Å². The van der Waals surface area contributed by atoms with E-state index in [1.165, 1.54) is 0 Å². The fourth-order valence-corrected chi connectivity index (χ4v) is 0. The van der Waals surface area contributed by atoms with Crippen LogP contribution in [0.2, 0.25) is 0 Å². The number of hydrogen-bond acceptors (Lipinski definition) is 0. The first kappa shape index (κ1) is 166. The molecule has 0 saturated carbocycles. The van der Waals surface area contributed by atoms with Gasteiger partial charge in [-0.15, -0.1) is 0 Å². The predicted molar refractivity (Wildman–Crippen MR) is 179 cm³/mol. The van der Waals surface area contributed by atoms with Gasteiger partial charge >= 0.3 is 1280 Å². The molecule has 0 aliphatic rings. The van der Waals surface area contributed by atoms with Crippen LogP contribution in [0.25, 0.3) is 0 Å². The maximum atomic E-state index is 0. The van der Waals surface area contributed by atoms with E-state index in [9.17, 15) is 0 Å². The first-order valence-corrected chi connectivity index (χ1v) is 0. The number of rotatable bonds is 0. The first-order chi connectivity index (χ1) is 0. The molecule has 0 N–H and O–H groups in total. The van der Waals surface area contributed by atoms with Gasteiger partial charge < -0.3 is 0 Å². The van der Waals surface area contributed by atoms with Gasteiger partial charge in [-0.1, -0.05) is 0 Å². The Morgan fingerprint density at radius 2 is 0.0400 bits per heavy atom. The third-order valence-corrected chi connectivity index (χ3v) is 0. The normalized spacial score (nSPS) is 0. The van der Waals surface area contributed by atoms with Gasteiger partial charge in [-0.25, -0.2) is 0 Å². The summed E-state index contributed by atoms with van der Waals surface area (Å²) in [5.41, 5.74) is 0. The molecule has 0 aromatic rings. The van der Waals surface area contributed by atoms with Crippen molar-refractivity contribution >= 4 is 1280 Å². The molecule has 0 atom stereocenters. The van der Waals surface area contributed by atoms with Crippen LogP contribution in [0.3, 0.4) is 0 Å². The van der Waals surface area contributed by atoms with Gasteiger partial charge in [0, 0.05) is 0 Å². The van der Waals surface area contributed by atoms with Crippen molar-refractivity contribution in [2.45, 2.75) is 0 Å². The Morgan fingerprint density at radius 1 is 0.0400 bits per heavy atom. The summed E-state index contributed by atoms with van der Waals surface area (Å²) in [5.74, 6) is 0. The van der Waals surface area contributed by atoms with Crippen molar-refractivity contribution in [1.82, 2.24) is 0 Å². The second kappa shape index (κ2) is 158. The topological polar surface area (TPSA) is 0 Å². The van der Waals surface area contributed by atoms with E-state index in [4.69, 9.17) is 0 Å². The zero-order valence-electron chi connectivity index (χ0n) is 0. The Balaban J connectivity index is 0. The molecule has 25 heavy (non-hydrogen) atoms. The molecule has 0 amide bonds. The molecule has 0 aliphatic carbocycles. The predicted octanol–water partition coefficient (Wildman–Crippen LogP) is -16.2. The molecule has 0 aromatic carbocycles. The summed E-state index contributed by atoms with van der Waals surface area (Å²) in [7, 11) is 0. The molecule has 0 bridgehead atoms. The monoisotopic (exact) mass is 999 g/mol. The van der Waals surface area contributed by atoms with Gasteiger partial charge in [-0.3, -0.25) is 0 Å². The van der Waals surface area contributed by atoms with Crippen molar-refractivity contribution in [2.24, 2.45) is 0 Å². The van der Waals surface area contributed by atoms with Crippen molar-refractivity contribution in [2.75, 3.05) is 0 Å². The Morgan fingerprint density at radius 3 is 0.0400 bits per heavy atom. The van der Waals surface area contributed by atoms with Crippen molar-refractivity contribution in [1.29, 1.82) is 0 Å². The molecule has 0 rings (SSSR count). The van der Waals surface area contributed by atoms with Crippen molar-refractivity contribution in [3.63, 3.8) is 0 Å². The molecule has 0 radical (unpaired) electrons. The van der Waals surface area contributed by atoms with Crippen LogP contribution in [-0.4, -0.2) is 1280 Å². The van der Waals surface area contributed by atoms with E-state index in [0.717, 1.165) is 0 Å². The van der Waals surface area contributed by atoms with E-state index in [1.54, 1.807) is 0 Å². The summed E-state index contributed by atoms with van der Waals surface area (Å²) in [4.78, 5) is 0. The molecule has 0 fully saturated rings. The molecule has 0 unspecified atom stereocenters. The van der Waals surface area contributed by atoms with Gasteiger partial charge in [0.2, 0.25) is 0 Å². The molecule has 0 nitrogen and oxygen atoms in total. The molecule has 0 heterocycles. The van der Waals surface area contributed by atoms with Crippen LogP contribution in [0.4, 0.5) is 0 Å². The van der Waals surface area contributed by atoms with Crippen LogP contribution >= 0.6 is 0 Å². The molecule has 0 spiro atoms. The van der Waals surface area contributed by atoms with Gasteiger partial charge in [0.25, 0.3) is 0 Å². The van der Waals surface area contributed by atoms with Gasteiger partial charge in [-0.2, -0.15) is 0 Å². The fraction of sp³-hybridized carbons (Fsp3) is 0. The SMILES string of the molecule is [KH].[KH].[KH].[KH].[KH].[KH].[KH].[KH].[KH].[KH].[KH].[KH].[KH].[KH].[KH].[KH].[KH].[KH].[KH].[KH].[KH].[KH].[KH].[KH].[KH]. The third-order valence-electron chi connectivity index (χ3n) is 0. The van der Waals surface area contributed by atoms with E-state index < -0.39 is 0 Å². The van der Waals surface area contributed by atoms with E-state index in [-0.39, 0.29) is 1280 Å². The van der Waals surface area contributed by atoms with Gasteiger partial charge in [0.05, 0.1) is 0 Å². The summed E-state index contributed by atoms with van der Waals surface area (Å²) in [6.45, 7) is 0. The average molecular weight is 1000 g/mol. The zero-order chi connectivity index (χ0) is 0. The van der Waals surface area contributed by atoms with E-state index >= 15 is 0 Å². The Labute approximate surface area is 1220 Å². The van der Waals surface area contributed by atoms with Crippen LogP contribution in [0.15, 0.2) is 0 Å². The van der Waals surface area contributed by atoms with Gasteiger partial charge in [0.1, 0.15) is 0 Å². The summed E-state index contributed by atoms with van der Waals surface area (Å²) in [6.07, 6.45) is 0. The first-order valence-electron chi connectivity index (χ1n) is 0. The van der Waals surface area contributed by atoms with Crippen molar-refractivity contribution in [3.05, 3.63) is 0 Å². The maximum absolute atomic E-state index is 0. The summed E-state index contributed by atoms with van der Waals surface area (Å²) >= 11 is 0. The van der Waals surface area contributed by atoms with Gasteiger partial charge in [0.15, 0.2) is 0 Å². The van der Waals surface area contributed by atoms with Crippen LogP contribution in [0.1, 0.15) is 0 Å². The molecule has 0 aliphatic heterocycles. The van der Waals surface area contributed by atoms with Crippen LogP contribution < -0.4 is 0 Å². The molecule has 0 aromatic heterocycles. The summed E-state index contributed by atoms with van der Waals surface area (Å²) in [6, 6.07) is 0. The molecule has 25 heteroatoms. The van der Waals surface area contributed by atoms with Crippen LogP contribution in [0.5, 0.6) is 0 Å². The molecular weight excluding hydrogens is 977 g/mol. The second-order valence-corrected chi connectivity index (χ2v) is 0. The van der Waals surface area contributed by atoms with E-state index in [2.05, 4.69) is 0 Å². The van der Waals surface area contributed by atoms with Crippen molar-refractivity contribution < 1.29 is 0 Å². The summed E-state index contributed by atoms with van der Waals surface area (Å²) in [5, 5.41) is 0. The average Bonchev–Trinajstić information content (AvgIpc) is 0. The molecular formula is H25K25. The molecule has 0 saturated heterocycles. The van der Waals surface area contributed by atoms with Crippen LogP contribution in [0, 0.1) is 0 Å². The van der Waals surface area contributed by atoms with Crippen LogP contribution in [-0.2, 0) is 0 Å². The quantitative estimate of drug-likeness (QED) is 0.212. The van der Waals surface area contributed by atoms with Gasteiger partial charge in [-0.05, 0) is 0 Å². The fourth-order valence-electron chi connectivity index (χ4n) is 0. The Hall–Kier alpha value is 40.9. The third kappa shape index (κ3) is 153. The summed E-state index contributed by atoms with van der Waals surface area (Å²) < 4.78 is 0.